The number of nitrogens with two attached hydrogens (primary N) is 1. The number of hydrogen-bond donors (Lipinski definition) is 3. The Bertz CT molecular complexity index is 459. The maximum atomic E-state index is 13.4. The fourth-order valence-electron chi connectivity index (χ4n) is 1.31. The molecular weight excluding hydrogens is 261 g/mol. The van der Waals surface area contributed by atoms with E-state index in [0.29, 0.717) is 0 Å². The molecule has 0 aromatic heterocycles. The van der Waals surface area contributed by atoms with Gasteiger partial charge in [-0.3, -0.25) is 4.79 Å². The Kier molecular flexibility index (Phi) is 4.91. The minimum atomic E-state index is -0.645. The van der Waals surface area contributed by atoms with Gasteiger partial charge in [0.15, 0.2) is 5.84 Å². The molecule has 1 amide bonds. The zero-order valence-corrected chi connectivity index (χ0v) is 10.4. The topological polar surface area (TPSA) is 87.7 Å². The molecule has 0 radical (unpaired) electrons. The zero-order valence-electron chi connectivity index (χ0n) is 9.65. The molecule has 4 N–H and O–H groups in total. The van der Waals surface area contributed by atoms with Crippen LogP contribution in [0.2, 0.25) is 5.02 Å². The number of rotatable bonds is 4. The minimum Gasteiger partial charge on any atom is -0.409 e. The van der Waals surface area contributed by atoms with Crippen molar-refractivity contribution in [1.82, 2.24) is 5.32 Å². The Morgan fingerprint density at radius 1 is 1.67 bits per heavy atom. The Balaban J connectivity index is 2.71. The molecule has 0 spiro atoms. The highest BCUT2D eigenvalue weighted by Crippen LogP contribution is 2.19. The van der Waals surface area contributed by atoms with Gasteiger partial charge in [0.1, 0.15) is 5.82 Å². The first kappa shape index (κ1) is 14.2. The van der Waals surface area contributed by atoms with E-state index in [-0.39, 0.29) is 22.8 Å². The fourth-order valence-corrected chi connectivity index (χ4v) is 1.54. The van der Waals surface area contributed by atoms with Crippen LogP contribution in [0.25, 0.3) is 0 Å². The number of benzene rings is 1. The maximum absolute atomic E-state index is 13.4. The monoisotopic (exact) mass is 273 g/mol. The van der Waals surface area contributed by atoms with E-state index in [2.05, 4.69) is 10.5 Å². The molecule has 0 heterocycles. The van der Waals surface area contributed by atoms with Gasteiger partial charge in [0.25, 0.3) is 0 Å². The second-order valence-electron chi connectivity index (χ2n) is 3.69. The Morgan fingerprint density at radius 2 is 2.33 bits per heavy atom. The summed E-state index contributed by atoms with van der Waals surface area (Å²) in [5.74, 6) is -1.15. The molecule has 0 aliphatic heterocycles. The fraction of sp³-hybridized carbons (Fsp3) is 0.273. The summed E-state index contributed by atoms with van der Waals surface area (Å²) in [6.45, 7) is 1.54. The minimum absolute atomic E-state index is 0.114. The largest absolute Gasteiger partial charge is 0.409 e. The Morgan fingerprint density at radius 3 is 2.89 bits per heavy atom. The van der Waals surface area contributed by atoms with E-state index in [1.54, 1.807) is 0 Å². The third-order valence-corrected chi connectivity index (χ3v) is 2.69. The lowest BCUT2D eigenvalue weighted by Gasteiger charge is -2.12. The van der Waals surface area contributed by atoms with E-state index in [1.807, 2.05) is 0 Å². The van der Waals surface area contributed by atoms with Crippen molar-refractivity contribution in [3.8, 4) is 0 Å². The quantitative estimate of drug-likeness (QED) is 0.334. The van der Waals surface area contributed by atoms with Crippen LogP contribution >= 0.6 is 11.6 Å². The maximum Gasteiger partial charge on any atom is 0.225 e. The molecule has 7 heteroatoms. The number of oxime groups is 1. The van der Waals surface area contributed by atoms with Gasteiger partial charge in [-0.15, -0.1) is 0 Å². The smallest absolute Gasteiger partial charge is 0.225 e. The van der Waals surface area contributed by atoms with Crippen LogP contribution in [0.15, 0.2) is 23.4 Å². The number of carbonyl (C=O) groups is 1. The SMILES string of the molecule is CC(NC(=O)Cc1c(F)cccc1Cl)/C(N)=N/O. The van der Waals surface area contributed by atoms with Crippen molar-refractivity contribution in [2.45, 2.75) is 19.4 Å². The summed E-state index contributed by atoms with van der Waals surface area (Å²) < 4.78 is 13.4. The molecule has 18 heavy (non-hydrogen) atoms. The predicted molar refractivity (Wildman–Crippen MR) is 66.1 cm³/mol. The molecule has 1 aromatic rings. The molecule has 1 aromatic carbocycles. The van der Waals surface area contributed by atoms with Crippen LogP contribution < -0.4 is 11.1 Å². The van der Waals surface area contributed by atoms with Gasteiger partial charge in [-0.25, -0.2) is 4.39 Å². The van der Waals surface area contributed by atoms with Crippen LogP contribution in [0.3, 0.4) is 0 Å². The number of carbonyl (C=O) groups excluding carboxylic acids is 1. The predicted octanol–water partition coefficient (Wildman–Crippen LogP) is 1.27. The summed E-state index contributed by atoms with van der Waals surface area (Å²) in [5, 5.41) is 13.8. The van der Waals surface area contributed by atoms with E-state index in [0.717, 1.165) is 0 Å². The molecule has 5 nitrogen and oxygen atoms in total. The van der Waals surface area contributed by atoms with Crippen molar-refractivity contribution in [1.29, 1.82) is 0 Å². The average molecular weight is 274 g/mol. The summed E-state index contributed by atoms with van der Waals surface area (Å²) in [7, 11) is 0. The summed E-state index contributed by atoms with van der Waals surface area (Å²) in [5.41, 5.74) is 5.42. The first-order valence-electron chi connectivity index (χ1n) is 5.15. The highest BCUT2D eigenvalue weighted by molar-refractivity contribution is 6.31. The van der Waals surface area contributed by atoms with Crippen molar-refractivity contribution in [3.05, 3.63) is 34.6 Å². The lowest BCUT2D eigenvalue weighted by molar-refractivity contribution is -0.120. The second-order valence-corrected chi connectivity index (χ2v) is 4.10. The standard InChI is InChI=1S/C11H13ClFN3O2/c1-6(11(14)16-18)15-10(17)5-7-8(12)3-2-4-9(7)13/h2-4,6,18H,5H2,1H3,(H2,14,16)(H,15,17). The normalized spacial score (nSPS) is 13.2. The van der Waals surface area contributed by atoms with Crippen LogP contribution in [0.5, 0.6) is 0 Å². The van der Waals surface area contributed by atoms with Gasteiger partial charge >= 0.3 is 0 Å². The highest BCUT2D eigenvalue weighted by Gasteiger charge is 2.15. The average Bonchev–Trinajstić information content (AvgIpc) is 2.32. The van der Waals surface area contributed by atoms with Crippen molar-refractivity contribution < 1.29 is 14.4 Å². The van der Waals surface area contributed by atoms with Gasteiger partial charge in [0.2, 0.25) is 5.91 Å². The molecule has 0 fully saturated rings. The van der Waals surface area contributed by atoms with E-state index in [4.69, 9.17) is 22.5 Å². The molecule has 0 aliphatic rings. The van der Waals surface area contributed by atoms with Crippen molar-refractivity contribution in [2.24, 2.45) is 10.9 Å². The highest BCUT2D eigenvalue weighted by atomic mass is 35.5. The molecule has 0 saturated carbocycles. The number of nitrogens with zero attached hydrogens (tertiary/aromatic N) is 1. The first-order valence-corrected chi connectivity index (χ1v) is 5.53. The third kappa shape index (κ3) is 3.59. The van der Waals surface area contributed by atoms with Crippen molar-refractivity contribution >= 4 is 23.3 Å². The molecular formula is C11H13ClFN3O2. The lowest BCUT2D eigenvalue weighted by Crippen LogP contribution is -2.43. The number of amides is 1. The van der Waals surface area contributed by atoms with Crippen LogP contribution in [0.4, 0.5) is 4.39 Å². The summed E-state index contributed by atoms with van der Waals surface area (Å²) in [4.78, 5) is 11.6. The number of amidine groups is 1. The molecule has 1 atom stereocenters. The van der Waals surface area contributed by atoms with Gasteiger partial charge in [-0.05, 0) is 19.1 Å². The van der Waals surface area contributed by atoms with Gasteiger partial charge in [0, 0.05) is 10.6 Å². The van der Waals surface area contributed by atoms with Crippen LogP contribution in [-0.2, 0) is 11.2 Å². The Labute approximate surface area is 108 Å². The number of halogens is 2. The first-order chi connectivity index (χ1) is 8.45. The van der Waals surface area contributed by atoms with Gasteiger partial charge in [-0.1, -0.05) is 22.8 Å². The summed E-state index contributed by atoms with van der Waals surface area (Å²) in [6.07, 6.45) is -0.214. The van der Waals surface area contributed by atoms with E-state index in [1.165, 1.54) is 25.1 Å². The molecule has 1 unspecified atom stereocenters. The van der Waals surface area contributed by atoms with Crippen LogP contribution in [0.1, 0.15) is 12.5 Å². The van der Waals surface area contributed by atoms with Crippen molar-refractivity contribution in [2.75, 3.05) is 0 Å². The van der Waals surface area contributed by atoms with Crippen molar-refractivity contribution in [3.63, 3.8) is 0 Å². The van der Waals surface area contributed by atoms with Gasteiger partial charge in [0.05, 0.1) is 12.5 Å². The van der Waals surface area contributed by atoms with E-state index in [9.17, 15) is 9.18 Å². The number of nitrogens with one attached hydrogen (secondary N) is 1. The van der Waals surface area contributed by atoms with Gasteiger partial charge in [-0.2, -0.15) is 0 Å². The lowest BCUT2D eigenvalue weighted by atomic mass is 10.1. The van der Waals surface area contributed by atoms with E-state index < -0.39 is 17.8 Å². The second kappa shape index (κ2) is 6.20. The molecule has 0 saturated heterocycles. The number of hydrogen-bond acceptors (Lipinski definition) is 3. The van der Waals surface area contributed by atoms with E-state index >= 15 is 0 Å². The summed E-state index contributed by atoms with van der Waals surface area (Å²) in [6, 6.07) is 3.54. The zero-order chi connectivity index (χ0) is 13.7. The van der Waals surface area contributed by atoms with Crippen LogP contribution in [-0.4, -0.2) is 23.0 Å². The molecule has 1 rings (SSSR count). The third-order valence-electron chi connectivity index (χ3n) is 2.34. The van der Waals surface area contributed by atoms with Gasteiger partial charge < -0.3 is 16.3 Å². The molecule has 98 valence electrons. The van der Waals surface area contributed by atoms with Crippen LogP contribution in [0, 0.1) is 5.82 Å². The Hall–Kier alpha value is -1.82. The molecule has 0 bridgehead atoms. The molecule has 0 aliphatic carbocycles. The summed E-state index contributed by atoms with van der Waals surface area (Å²) >= 11 is 5.79.